The third kappa shape index (κ3) is 3.72. The minimum atomic E-state index is -0.289. The van der Waals surface area contributed by atoms with E-state index in [1.54, 1.807) is 12.3 Å². The number of likely N-dealkylation sites (tertiary alicyclic amines) is 2. The van der Waals surface area contributed by atoms with Crippen LogP contribution in [0.15, 0.2) is 47.4 Å². The smallest absolute Gasteiger partial charge is 0.249 e. The third-order valence-corrected chi connectivity index (χ3v) is 5.77. The van der Waals surface area contributed by atoms with Crippen molar-refractivity contribution < 1.29 is 13.9 Å². The second-order valence-electron chi connectivity index (χ2n) is 7.66. The number of nitrogens with zero attached hydrogens (tertiary/aromatic N) is 2. The van der Waals surface area contributed by atoms with Crippen molar-refractivity contribution in [2.75, 3.05) is 33.4 Å². The largest absolute Gasteiger partial charge is 0.375 e. The lowest BCUT2D eigenvalue weighted by Gasteiger charge is -2.30. The molecule has 2 saturated heterocycles. The van der Waals surface area contributed by atoms with Crippen LogP contribution in [0.2, 0.25) is 0 Å². The fraction of sp³-hybridized carbons (Fsp3) is 0.429. The highest BCUT2D eigenvalue weighted by atomic mass is 19.1. The Morgan fingerprint density at radius 1 is 1.25 bits per heavy atom. The second-order valence-corrected chi connectivity index (χ2v) is 7.66. The van der Waals surface area contributed by atoms with Gasteiger partial charge in [0.25, 0.3) is 0 Å². The van der Waals surface area contributed by atoms with E-state index in [0.717, 1.165) is 30.8 Å². The molecule has 1 aromatic heterocycles. The summed E-state index contributed by atoms with van der Waals surface area (Å²) >= 11 is 0. The predicted octanol–water partition coefficient (Wildman–Crippen LogP) is 1.79. The molecule has 2 aromatic rings. The Balaban J connectivity index is 1.55. The van der Waals surface area contributed by atoms with Gasteiger partial charge in [-0.2, -0.15) is 0 Å². The SMILES string of the molecule is COCC(=O)N1C[C@H]2CN(Cc3ccc(=O)[nH]c3)C[C@H]2[C@@H]1c1cccc(F)c1. The van der Waals surface area contributed by atoms with Crippen LogP contribution in [0.25, 0.3) is 0 Å². The van der Waals surface area contributed by atoms with Crippen LogP contribution in [-0.4, -0.2) is 54.0 Å². The first kappa shape index (κ1) is 18.8. The molecule has 0 spiro atoms. The highest BCUT2D eigenvalue weighted by Crippen LogP contribution is 2.45. The van der Waals surface area contributed by atoms with Gasteiger partial charge in [0.05, 0.1) is 6.04 Å². The molecule has 2 aliphatic heterocycles. The lowest BCUT2D eigenvalue weighted by molar-refractivity contribution is -0.136. The zero-order chi connectivity index (χ0) is 19.7. The Bertz CT molecular complexity index is 895. The molecular weight excluding hydrogens is 361 g/mol. The molecule has 3 heterocycles. The van der Waals surface area contributed by atoms with Crippen LogP contribution in [-0.2, 0) is 16.1 Å². The number of aromatic nitrogens is 1. The van der Waals surface area contributed by atoms with Crippen molar-refractivity contribution in [1.82, 2.24) is 14.8 Å². The van der Waals surface area contributed by atoms with E-state index in [9.17, 15) is 14.0 Å². The maximum atomic E-state index is 13.9. The highest BCUT2D eigenvalue weighted by molar-refractivity contribution is 5.78. The average Bonchev–Trinajstić information content (AvgIpc) is 3.21. The summed E-state index contributed by atoms with van der Waals surface area (Å²) in [5.41, 5.74) is 1.78. The van der Waals surface area contributed by atoms with Crippen LogP contribution in [0.4, 0.5) is 4.39 Å². The lowest BCUT2D eigenvalue weighted by Crippen LogP contribution is -2.37. The number of methoxy groups -OCH3 is 1. The molecule has 4 rings (SSSR count). The molecule has 1 aromatic carbocycles. The van der Waals surface area contributed by atoms with Crippen molar-refractivity contribution in [2.24, 2.45) is 11.8 Å². The average molecular weight is 385 g/mol. The van der Waals surface area contributed by atoms with E-state index in [4.69, 9.17) is 4.74 Å². The molecule has 2 fully saturated rings. The highest BCUT2D eigenvalue weighted by Gasteiger charge is 2.48. The Labute approximate surface area is 162 Å². The van der Waals surface area contributed by atoms with Crippen molar-refractivity contribution in [1.29, 1.82) is 0 Å². The van der Waals surface area contributed by atoms with E-state index in [0.29, 0.717) is 12.5 Å². The normalized spacial score (nSPS) is 24.5. The van der Waals surface area contributed by atoms with Crippen molar-refractivity contribution in [3.8, 4) is 0 Å². The number of halogens is 1. The van der Waals surface area contributed by atoms with Gasteiger partial charge in [0.1, 0.15) is 12.4 Å². The number of aromatic amines is 1. The molecule has 0 bridgehead atoms. The fourth-order valence-corrected chi connectivity index (χ4v) is 4.65. The molecule has 148 valence electrons. The molecule has 0 unspecified atom stereocenters. The van der Waals surface area contributed by atoms with Gasteiger partial charge >= 0.3 is 0 Å². The molecule has 0 radical (unpaired) electrons. The minimum absolute atomic E-state index is 0.0341. The standard InChI is InChI=1S/C21H24FN3O3/c1-28-13-20(27)25-11-16-10-24(9-14-5-6-19(26)23-8-14)12-18(16)21(25)15-3-2-4-17(22)7-15/h2-8,16,18,21H,9-13H2,1H3,(H,23,26)/t16-,18-,21+/m1/s1. The van der Waals surface area contributed by atoms with E-state index < -0.39 is 0 Å². The molecule has 0 aliphatic carbocycles. The second kappa shape index (κ2) is 7.85. The molecule has 7 heteroatoms. The van der Waals surface area contributed by atoms with E-state index in [1.165, 1.54) is 25.3 Å². The number of amides is 1. The summed E-state index contributed by atoms with van der Waals surface area (Å²) in [6, 6.07) is 9.78. The van der Waals surface area contributed by atoms with Gasteiger partial charge in [0.15, 0.2) is 0 Å². The van der Waals surface area contributed by atoms with E-state index in [2.05, 4.69) is 9.88 Å². The van der Waals surface area contributed by atoms with Gasteiger partial charge < -0.3 is 14.6 Å². The molecule has 2 aliphatic rings. The molecule has 6 nitrogen and oxygen atoms in total. The van der Waals surface area contributed by atoms with Crippen LogP contribution in [0, 0.1) is 17.7 Å². The number of rotatable bonds is 5. The number of nitrogens with one attached hydrogen (secondary N) is 1. The Hall–Kier alpha value is -2.51. The van der Waals surface area contributed by atoms with E-state index in [1.807, 2.05) is 17.0 Å². The number of H-pyrrole nitrogens is 1. The molecule has 1 amide bonds. The Morgan fingerprint density at radius 2 is 2.11 bits per heavy atom. The van der Waals surface area contributed by atoms with Gasteiger partial charge in [-0.05, 0) is 29.2 Å². The van der Waals surface area contributed by atoms with Crippen LogP contribution >= 0.6 is 0 Å². The summed E-state index contributed by atoms with van der Waals surface area (Å²) < 4.78 is 18.9. The van der Waals surface area contributed by atoms with Crippen LogP contribution in [0.3, 0.4) is 0 Å². The van der Waals surface area contributed by atoms with Gasteiger partial charge in [-0.25, -0.2) is 4.39 Å². The minimum Gasteiger partial charge on any atom is -0.375 e. The van der Waals surface area contributed by atoms with Gasteiger partial charge in [-0.3, -0.25) is 14.5 Å². The van der Waals surface area contributed by atoms with Gasteiger partial charge in [-0.15, -0.1) is 0 Å². The quantitative estimate of drug-likeness (QED) is 0.852. The third-order valence-electron chi connectivity index (χ3n) is 5.77. The maximum Gasteiger partial charge on any atom is 0.249 e. The number of fused-ring (bicyclic) bond motifs is 1. The summed E-state index contributed by atoms with van der Waals surface area (Å²) in [7, 11) is 1.51. The van der Waals surface area contributed by atoms with Gasteiger partial charge in [-0.1, -0.05) is 18.2 Å². The molecule has 28 heavy (non-hydrogen) atoms. The Morgan fingerprint density at radius 3 is 2.82 bits per heavy atom. The number of ether oxygens (including phenoxy) is 1. The predicted molar refractivity (Wildman–Crippen MR) is 102 cm³/mol. The first-order valence-corrected chi connectivity index (χ1v) is 9.49. The number of pyridine rings is 1. The summed E-state index contributed by atoms with van der Waals surface area (Å²) in [6.07, 6.45) is 1.74. The summed E-state index contributed by atoms with van der Waals surface area (Å²) in [6.45, 7) is 3.11. The van der Waals surface area contributed by atoms with Crippen LogP contribution in [0.5, 0.6) is 0 Å². The lowest BCUT2D eigenvalue weighted by atomic mass is 9.89. The van der Waals surface area contributed by atoms with Crippen molar-refractivity contribution >= 4 is 5.91 Å². The topological polar surface area (TPSA) is 65.6 Å². The number of carbonyl (C=O) groups is 1. The van der Waals surface area contributed by atoms with Crippen molar-refractivity contribution in [2.45, 2.75) is 12.6 Å². The fourth-order valence-electron chi connectivity index (χ4n) is 4.65. The number of carbonyl (C=O) groups excluding carboxylic acids is 1. The van der Waals surface area contributed by atoms with E-state index >= 15 is 0 Å². The Kier molecular flexibility index (Phi) is 5.28. The number of hydrogen-bond acceptors (Lipinski definition) is 4. The molecule has 1 N–H and O–H groups in total. The maximum absolute atomic E-state index is 13.9. The van der Waals surface area contributed by atoms with Gasteiger partial charge in [0, 0.05) is 51.5 Å². The van der Waals surface area contributed by atoms with Gasteiger partial charge in [0.2, 0.25) is 11.5 Å². The first-order chi connectivity index (χ1) is 13.5. The monoisotopic (exact) mass is 385 g/mol. The zero-order valence-electron chi connectivity index (χ0n) is 15.8. The van der Waals surface area contributed by atoms with E-state index in [-0.39, 0.29) is 35.9 Å². The van der Waals surface area contributed by atoms with Crippen LogP contribution in [0.1, 0.15) is 17.2 Å². The number of benzene rings is 1. The summed E-state index contributed by atoms with van der Waals surface area (Å²) in [5, 5.41) is 0. The van der Waals surface area contributed by atoms with Crippen molar-refractivity contribution in [3.63, 3.8) is 0 Å². The first-order valence-electron chi connectivity index (χ1n) is 9.49. The molecular formula is C21H24FN3O3. The number of hydrogen-bond donors (Lipinski definition) is 1. The molecule has 0 saturated carbocycles. The summed E-state index contributed by atoms with van der Waals surface area (Å²) in [5.74, 6) is 0.226. The summed E-state index contributed by atoms with van der Waals surface area (Å²) in [4.78, 5) is 30.8. The van der Waals surface area contributed by atoms with Crippen LogP contribution < -0.4 is 5.56 Å². The molecule has 3 atom stereocenters. The van der Waals surface area contributed by atoms with Crippen molar-refractivity contribution in [3.05, 3.63) is 69.9 Å². The zero-order valence-corrected chi connectivity index (χ0v) is 15.8.